The molecule has 0 atom stereocenters. The zero-order chi connectivity index (χ0) is 24.2. The van der Waals surface area contributed by atoms with E-state index in [0.717, 1.165) is 27.6 Å². The molecule has 11 heteroatoms. The molecule has 0 amide bonds. The van der Waals surface area contributed by atoms with Crippen LogP contribution in [0, 0.1) is 10.1 Å². The zero-order valence-corrected chi connectivity index (χ0v) is 19.9. The molecule has 2 N–H and O–H groups in total. The van der Waals surface area contributed by atoms with E-state index in [0.29, 0.717) is 17.4 Å². The van der Waals surface area contributed by atoms with E-state index in [1.807, 2.05) is 52.2 Å². The number of nitro groups is 1. The Bertz CT molecular complexity index is 1380. The van der Waals surface area contributed by atoms with Crippen LogP contribution in [0.3, 0.4) is 0 Å². The van der Waals surface area contributed by atoms with Crippen molar-refractivity contribution < 1.29 is 4.92 Å². The predicted molar refractivity (Wildman–Crippen MR) is 136 cm³/mol. The van der Waals surface area contributed by atoms with Gasteiger partial charge in [-0.1, -0.05) is 66.2 Å². The first-order valence-electron chi connectivity index (χ1n) is 10.7. The second kappa shape index (κ2) is 10.2. The summed E-state index contributed by atoms with van der Waals surface area (Å²) in [6.45, 7) is 0.434. The number of para-hydroxylation sites is 1. The SMILES string of the molecule is O=[N+]([O-])c1ccc(CN2NNN=C2c2cnn(-c3ccccc3Cl)c2SCc2ccccc2)cc1. The Morgan fingerprint density at radius 1 is 0.971 bits per heavy atom. The molecule has 1 aromatic heterocycles. The monoisotopic (exact) mass is 505 g/mol. The van der Waals surface area contributed by atoms with E-state index in [1.165, 1.54) is 17.7 Å². The Hall–Kier alpha value is -3.86. The first kappa shape index (κ1) is 22.9. The number of non-ortho nitro benzene ring substituents is 1. The van der Waals surface area contributed by atoms with Gasteiger partial charge < -0.3 is 0 Å². The minimum absolute atomic E-state index is 0.0516. The summed E-state index contributed by atoms with van der Waals surface area (Å²) in [5, 5.41) is 23.4. The second-order valence-electron chi connectivity index (χ2n) is 7.67. The lowest BCUT2D eigenvalue weighted by atomic mass is 10.2. The van der Waals surface area contributed by atoms with Crippen molar-refractivity contribution in [3.05, 3.63) is 117 Å². The number of thioether (sulfide) groups is 1. The van der Waals surface area contributed by atoms with E-state index in [4.69, 9.17) is 11.6 Å². The number of benzene rings is 3. The van der Waals surface area contributed by atoms with E-state index in [9.17, 15) is 10.1 Å². The maximum absolute atomic E-state index is 11.0. The van der Waals surface area contributed by atoms with Gasteiger partial charge in [0, 0.05) is 17.9 Å². The molecule has 0 radical (unpaired) electrons. The lowest BCUT2D eigenvalue weighted by Crippen LogP contribution is -2.40. The number of aromatic nitrogens is 2. The highest BCUT2D eigenvalue weighted by Crippen LogP contribution is 2.32. The van der Waals surface area contributed by atoms with Crippen LogP contribution in [-0.4, -0.2) is 25.5 Å². The minimum Gasteiger partial charge on any atom is -0.266 e. The molecule has 0 spiro atoms. The quantitative estimate of drug-likeness (QED) is 0.199. The highest BCUT2D eigenvalue weighted by molar-refractivity contribution is 7.98. The van der Waals surface area contributed by atoms with Gasteiger partial charge in [-0.15, -0.1) is 22.4 Å². The smallest absolute Gasteiger partial charge is 0.266 e. The molecule has 35 heavy (non-hydrogen) atoms. The molecule has 0 aliphatic carbocycles. The second-order valence-corrected chi connectivity index (χ2v) is 9.04. The van der Waals surface area contributed by atoms with Gasteiger partial charge in [0.1, 0.15) is 5.03 Å². The largest absolute Gasteiger partial charge is 0.269 e. The number of hydrazone groups is 1. The number of hydrazine groups is 2. The normalized spacial score (nSPS) is 12.9. The topological polar surface area (TPSA) is 101 Å². The fourth-order valence-corrected chi connectivity index (χ4v) is 4.91. The van der Waals surface area contributed by atoms with Crippen molar-refractivity contribution in [2.45, 2.75) is 17.3 Å². The maximum Gasteiger partial charge on any atom is 0.269 e. The number of nitro benzene ring substituents is 1. The Morgan fingerprint density at radius 2 is 1.71 bits per heavy atom. The van der Waals surface area contributed by atoms with Crippen LogP contribution in [0.4, 0.5) is 5.69 Å². The lowest BCUT2D eigenvalue weighted by molar-refractivity contribution is -0.384. The highest BCUT2D eigenvalue weighted by Gasteiger charge is 2.26. The van der Waals surface area contributed by atoms with E-state index in [1.54, 1.807) is 30.1 Å². The van der Waals surface area contributed by atoms with Gasteiger partial charge >= 0.3 is 0 Å². The third-order valence-electron chi connectivity index (χ3n) is 5.36. The van der Waals surface area contributed by atoms with Gasteiger partial charge in [-0.2, -0.15) is 5.10 Å². The fraction of sp³-hybridized carbons (Fsp3) is 0.0833. The number of hydrogen-bond donors (Lipinski definition) is 2. The van der Waals surface area contributed by atoms with Gasteiger partial charge in [0.25, 0.3) is 5.69 Å². The molecule has 1 aliphatic rings. The Kier molecular flexibility index (Phi) is 6.66. The molecule has 0 saturated carbocycles. The molecule has 0 fully saturated rings. The summed E-state index contributed by atoms with van der Waals surface area (Å²) < 4.78 is 1.83. The van der Waals surface area contributed by atoms with Gasteiger partial charge in [-0.3, -0.25) is 15.1 Å². The molecular formula is C24H20ClN7O2S. The fourth-order valence-electron chi connectivity index (χ4n) is 3.63. The number of nitrogens with one attached hydrogen (secondary N) is 2. The molecular weight excluding hydrogens is 486 g/mol. The summed E-state index contributed by atoms with van der Waals surface area (Å²) in [5.74, 6) is 1.39. The standard InChI is InChI=1S/C24H20ClN7O2S/c25-21-8-4-5-9-22(21)31-24(35-16-18-6-2-1-3-7-18)20(14-26-31)23-27-28-29-30(23)15-17-10-12-19(13-11-17)32(33)34/h1-14,28-29H,15-16H2. The number of halogens is 1. The molecule has 0 bridgehead atoms. The molecule has 0 saturated heterocycles. The number of rotatable bonds is 8. The van der Waals surface area contributed by atoms with E-state index < -0.39 is 4.92 Å². The number of hydrogen-bond acceptors (Lipinski definition) is 8. The number of amidine groups is 1. The first-order valence-corrected chi connectivity index (χ1v) is 12.1. The van der Waals surface area contributed by atoms with Crippen LogP contribution in [0.2, 0.25) is 5.02 Å². The third-order valence-corrected chi connectivity index (χ3v) is 6.82. The van der Waals surface area contributed by atoms with E-state index in [-0.39, 0.29) is 5.69 Å². The Morgan fingerprint density at radius 3 is 2.46 bits per heavy atom. The van der Waals surface area contributed by atoms with Crippen LogP contribution in [0.15, 0.2) is 95.2 Å². The van der Waals surface area contributed by atoms with E-state index in [2.05, 4.69) is 33.4 Å². The Labute approximate surface area is 210 Å². The van der Waals surface area contributed by atoms with Gasteiger partial charge in [-0.25, -0.2) is 10.2 Å². The molecule has 2 heterocycles. The van der Waals surface area contributed by atoms with Gasteiger partial charge in [-0.05, 0) is 23.3 Å². The number of nitrogens with zero attached hydrogens (tertiary/aromatic N) is 5. The first-order chi connectivity index (χ1) is 17.1. The maximum atomic E-state index is 11.0. The van der Waals surface area contributed by atoms with Gasteiger partial charge in [0.15, 0.2) is 5.84 Å². The Balaban J connectivity index is 1.46. The summed E-state index contributed by atoms with van der Waals surface area (Å²) in [7, 11) is 0. The van der Waals surface area contributed by atoms with Crippen molar-refractivity contribution >= 4 is 34.9 Å². The summed E-state index contributed by atoms with van der Waals surface area (Å²) in [6, 6.07) is 24.2. The molecule has 3 aromatic carbocycles. The summed E-state index contributed by atoms with van der Waals surface area (Å²) in [5.41, 5.74) is 9.56. The summed E-state index contributed by atoms with van der Waals surface area (Å²) >= 11 is 8.15. The molecule has 1 aliphatic heterocycles. The third kappa shape index (κ3) is 4.99. The van der Waals surface area contributed by atoms with Crippen molar-refractivity contribution in [1.82, 2.24) is 25.9 Å². The van der Waals surface area contributed by atoms with Crippen molar-refractivity contribution in [3.8, 4) is 5.69 Å². The molecule has 4 aromatic rings. The van der Waals surface area contributed by atoms with Crippen LogP contribution in [0.5, 0.6) is 0 Å². The lowest BCUT2D eigenvalue weighted by Gasteiger charge is -2.19. The van der Waals surface area contributed by atoms with Crippen molar-refractivity contribution in [3.63, 3.8) is 0 Å². The van der Waals surface area contributed by atoms with Crippen molar-refractivity contribution in [2.75, 3.05) is 0 Å². The van der Waals surface area contributed by atoms with Crippen LogP contribution in [-0.2, 0) is 12.3 Å². The molecule has 176 valence electrons. The highest BCUT2D eigenvalue weighted by atomic mass is 35.5. The van der Waals surface area contributed by atoms with Gasteiger partial charge in [0.05, 0.1) is 33.9 Å². The van der Waals surface area contributed by atoms with Crippen LogP contribution in [0.1, 0.15) is 16.7 Å². The summed E-state index contributed by atoms with van der Waals surface area (Å²) in [6.07, 6.45) is 1.77. The van der Waals surface area contributed by atoms with Crippen molar-refractivity contribution in [1.29, 1.82) is 0 Å². The van der Waals surface area contributed by atoms with Crippen molar-refractivity contribution in [2.24, 2.45) is 5.10 Å². The van der Waals surface area contributed by atoms with Crippen LogP contribution >= 0.6 is 23.4 Å². The molecule has 0 unspecified atom stereocenters. The minimum atomic E-state index is -0.411. The average Bonchev–Trinajstić information content (AvgIpc) is 3.50. The van der Waals surface area contributed by atoms with E-state index >= 15 is 0 Å². The molecule has 5 rings (SSSR count). The van der Waals surface area contributed by atoms with Gasteiger partial charge in [0.2, 0.25) is 0 Å². The predicted octanol–water partition coefficient (Wildman–Crippen LogP) is 4.91. The average molecular weight is 506 g/mol. The van der Waals surface area contributed by atoms with Crippen LogP contribution < -0.4 is 11.1 Å². The van der Waals surface area contributed by atoms with Crippen LogP contribution in [0.25, 0.3) is 5.69 Å². The molecule has 9 nitrogen and oxygen atoms in total. The summed E-state index contributed by atoms with van der Waals surface area (Å²) in [4.78, 5) is 10.6. The zero-order valence-electron chi connectivity index (χ0n) is 18.3.